The van der Waals surface area contributed by atoms with Crippen LogP contribution < -0.4 is 15.4 Å². The van der Waals surface area contributed by atoms with E-state index < -0.39 is 0 Å². The SMILES string of the molecule is CCn1cc(-c2ccccc2OCc2ccc(NC(=O)NCc3cccnc3)cc2)cn1. The lowest BCUT2D eigenvalue weighted by molar-refractivity contribution is 0.251. The van der Waals surface area contributed by atoms with E-state index in [9.17, 15) is 4.79 Å². The van der Waals surface area contributed by atoms with Crippen molar-refractivity contribution in [2.75, 3.05) is 5.32 Å². The highest BCUT2D eigenvalue weighted by Gasteiger charge is 2.09. The molecule has 0 atom stereocenters. The predicted molar refractivity (Wildman–Crippen MR) is 124 cm³/mol. The van der Waals surface area contributed by atoms with Crippen LogP contribution in [0.3, 0.4) is 0 Å². The maximum atomic E-state index is 12.1. The first-order valence-corrected chi connectivity index (χ1v) is 10.5. The van der Waals surface area contributed by atoms with Gasteiger partial charge < -0.3 is 15.4 Å². The Hall–Kier alpha value is -4.13. The number of aromatic nitrogens is 3. The van der Waals surface area contributed by atoms with E-state index in [0.29, 0.717) is 18.8 Å². The molecule has 4 aromatic rings. The van der Waals surface area contributed by atoms with E-state index in [2.05, 4.69) is 27.6 Å². The first kappa shape index (κ1) is 21.1. The van der Waals surface area contributed by atoms with Crippen LogP contribution in [0.1, 0.15) is 18.1 Å². The Morgan fingerprint density at radius 2 is 1.84 bits per heavy atom. The van der Waals surface area contributed by atoms with E-state index in [1.165, 1.54) is 0 Å². The first-order chi connectivity index (χ1) is 15.7. The summed E-state index contributed by atoms with van der Waals surface area (Å²) in [5, 5.41) is 10.00. The molecule has 2 amide bonds. The number of pyridine rings is 1. The van der Waals surface area contributed by atoms with Crippen molar-refractivity contribution in [2.24, 2.45) is 0 Å². The molecule has 0 spiro atoms. The second kappa shape index (κ2) is 10.3. The number of aryl methyl sites for hydroxylation is 1. The van der Waals surface area contributed by atoms with Gasteiger partial charge in [-0.15, -0.1) is 0 Å². The summed E-state index contributed by atoms with van der Waals surface area (Å²) in [6, 6.07) is 19.0. The summed E-state index contributed by atoms with van der Waals surface area (Å²) in [6.07, 6.45) is 7.30. The molecule has 2 aromatic carbocycles. The first-order valence-electron chi connectivity index (χ1n) is 10.5. The molecule has 7 heteroatoms. The van der Waals surface area contributed by atoms with Crippen molar-refractivity contribution >= 4 is 11.7 Å². The molecule has 2 aromatic heterocycles. The number of benzene rings is 2. The van der Waals surface area contributed by atoms with Gasteiger partial charge in [-0.1, -0.05) is 36.4 Å². The number of carbonyl (C=O) groups excluding carboxylic acids is 1. The number of hydrogen-bond acceptors (Lipinski definition) is 4. The monoisotopic (exact) mass is 427 g/mol. The Morgan fingerprint density at radius 1 is 1.00 bits per heavy atom. The Balaban J connectivity index is 1.32. The summed E-state index contributed by atoms with van der Waals surface area (Å²) in [5.74, 6) is 0.806. The number of carbonyl (C=O) groups is 1. The average molecular weight is 428 g/mol. The van der Waals surface area contributed by atoms with Crippen LogP contribution in [0.15, 0.2) is 85.5 Å². The van der Waals surface area contributed by atoms with Gasteiger partial charge in [0.2, 0.25) is 0 Å². The molecule has 32 heavy (non-hydrogen) atoms. The summed E-state index contributed by atoms with van der Waals surface area (Å²) < 4.78 is 7.98. The summed E-state index contributed by atoms with van der Waals surface area (Å²) in [4.78, 5) is 16.1. The number of ether oxygens (including phenoxy) is 1. The van der Waals surface area contributed by atoms with Crippen molar-refractivity contribution in [1.82, 2.24) is 20.1 Å². The smallest absolute Gasteiger partial charge is 0.319 e. The molecule has 2 N–H and O–H groups in total. The van der Waals surface area contributed by atoms with E-state index in [0.717, 1.165) is 34.5 Å². The number of nitrogens with one attached hydrogen (secondary N) is 2. The molecule has 0 aliphatic rings. The quantitative estimate of drug-likeness (QED) is 0.421. The summed E-state index contributed by atoms with van der Waals surface area (Å²) in [6.45, 7) is 3.72. The van der Waals surface area contributed by atoms with E-state index in [-0.39, 0.29) is 6.03 Å². The van der Waals surface area contributed by atoms with Crippen LogP contribution in [-0.4, -0.2) is 20.8 Å². The molecule has 162 valence electrons. The molecule has 7 nitrogen and oxygen atoms in total. The van der Waals surface area contributed by atoms with Gasteiger partial charge in [0.05, 0.1) is 6.20 Å². The van der Waals surface area contributed by atoms with Gasteiger partial charge in [0.25, 0.3) is 0 Å². The minimum atomic E-state index is -0.264. The van der Waals surface area contributed by atoms with Gasteiger partial charge in [0.1, 0.15) is 12.4 Å². The summed E-state index contributed by atoms with van der Waals surface area (Å²) >= 11 is 0. The molecule has 0 fully saturated rings. The molecule has 2 heterocycles. The van der Waals surface area contributed by atoms with Crippen LogP contribution in [0.4, 0.5) is 10.5 Å². The molecular formula is C25H25N5O2. The zero-order valence-electron chi connectivity index (χ0n) is 17.9. The third-order valence-corrected chi connectivity index (χ3v) is 4.94. The lowest BCUT2D eigenvalue weighted by Gasteiger charge is -2.11. The van der Waals surface area contributed by atoms with Crippen LogP contribution >= 0.6 is 0 Å². The molecule has 4 rings (SSSR count). The lowest BCUT2D eigenvalue weighted by atomic mass is 10.1. The van der Waals surface area contributed by atoms with Crippen LogP contribution in [0.25, 0.3) is 11.1 Å². The standard InChI is InChI=1S/C25H25N5O2/c1-2-30-17-21(16-28-30)23-7-3-4-8-24(23)32-18-19-9-11-22(12-10-19)29-25(31)27-15-20-6-5-13-26-14-20/h3-14,16-17H,2,15,18H2,1H3,(H2,27,29,31). The Bertz CT molecular complexity index is 1160. The van der Waals surface area contributed by atoms with E-state index >= 15 is 0 Å². The van der Waals surface area contributed by atoms with Gasteiger partial charge in [0.15, 0.2) is 0 Å². The fourth-order valence-electron chi connectivity index (χ4n) is 3.21. The Labute approximate surface area is 187 Å². The molecule has 0 bridgehead atoms. The van der Waals surface area contributed by atoms with Crippen molar-refractivity contribution in [1.29, 1.82) is 0 Å². The van der Waals surface area contributed by atoms with Crippen molar-refractivity contribution in [3.8, 4) is 16.9 Å². The minimum absolute atomic E-state index is 0.264. The predicted octanol–water partition coefficient (Wildman–Crippen LogP) is 4.87. The maximum absolute atomic E-state index is 12.1. The fourth-order valence-corrected chi connectivity index (χ4v) is 3.21. The van der Waals surface area contributed by atoms with Gasteiger partial charge in [-0.05, 0) is 42.3 Å². The van der Waals surface area contributed by atoms with Crippen LogP contribution in [0, 0.1) is 0 Å². The number of nitrogens with zero attached hydrogens (tertiary/aromatic N) is 3. The van der Waals surface area contributed by atoms with Crippen molar-refractivity contribution in [3.63, 3.8) is 0 Å². The summed E-state index contributed by atoms with van der Waals surface area (Å²) in [5.41, 5.74) is 4.70. The molecule has 0 saturated heterocycles. The summed E-state index contributed by atoms with van der Waals surface area (Å²) in [7, 11) is 0. The third kappa shape index (κ3) is 5.51. The molecular weight excluding hydrogens is 402 g/mol. The number of para-hydroxylation sites is 1. The second-order valence-corrected chi connectivity index (χ2v) is 7.24. The number of anilines is 1. The Kier molecular flexibility index (Phi) is 6.77. The van der Waals surface area contributed by atoms with Crippen LogP contribution in [0.2, 0.25) is 0 Å². The largest absolute Gasteiger partial charge is 0.488 e. The molecule has 0 aliphatic heterocycles. The van der Waals surface area contributed by atoms with Gasteiger partial charge in [-0.2, -0.15) is 5.10 Å². The average Bonchev–Trinajstić information content (AvgIpc) is 3.32. The molecule has 0 radical (unpaired) electrons. The molecule has 0 saturated carbocycles. The Morgan fingerprint density at radius 3 is 2.59 bits per heavy atom. The number of amides is 2. The zero-order chi connectivity index (χ0) is 22.2. The number of rotatable bonds is 8. The van der Waals surface area contributed by atoms with E-state index in [4.69, 9.17) is 4.74 Å². The van der Waals surface area contributed by atoms with Gasteiger partial charge in [0, 0.05) is 48.5 Å². The van der Waals surface area contributed by atoms with Crippen molar-refractivity contribution < 1.29 is 9.53 Å². The van der Waals surface area contributed by atoms with Gasteiger partial charge in [-0.3, -0.25) is 9.67 Å². The van der Waals surface area contributed by atoms with Crippen molar-refractivity contribution in [2.45, 2.75) is 26.6 Å². The normalized spacial score (nSPS) is 10.5. The number of urea groups is 1. The van der Waals surface area contributed by atoms with Gasteiger partial charge >= 0.3 is 6.03 Å². The van der Waals surface area contributed by atoms with Crippen molar-refractivity contribution in [3.05, 3.63) is 96.6 Å². The van der Waals surface area contributed by atoms with E-state index in [1.54, 1.807) is 12.4 Å². The highest BCUT2D eigenvalue weighted by molar-refractivity contribution is 5.89. The fraction of sp³-hybridized carbons (Fsp3) is 0.160. The zero-order valence-corrected chi connectivity index (χ0v) is 17.9. The third-order valence-electron chi connectivity index (χ3n) is 4.94. The maximum Gasteiger partial charge on any atom is 0.319 e. The van der Waals surface area contributed by atoms with Crippen LogP contribution in [-0.2, 0) is 19.7 Å². The van der Waals surface area contributed by atoms with E-state index in [1.807, 2.05) is 77.7 Å². The highest BCUT2D eigenvalue weighted by Crippen LogP contribution is 2.30. The van der Waals surface area contributed by atoms with Gasteiger partial charge in [-0.25, -0.2) is 4.79 Å². The van der Waals surface area contributed by atoms with Crippen LogP contribution in [0.5, 0.6) is 5.75 Å². The molecule has 0 unspecified atom stereocenters. The second-order valence-electron chi connectivity index (χ2n) is 7.24. The topological polar surface area (TPSA) is 81.1 Å². The lowest BCUT2D eigenvalue weighted by Crippen LogP contribution is -2.28. The minimum Gasteiger partial charge on any atom is -0.488 e. The molecule has 0 aliphatic carbocycles. The number of hydrogen-bond donors (Lipinski definition) is 2. The highest BCUT2D eigenvalue weighted by atomic mass is 16.5.